The minimum absolute atomic E-state index is 0.129. The lowest BCUT2D eigenvalue weighted by Gasteiger charge is -2.07. The molecule has 0 radical (unpaired) electrons. The van der Waals surface area contributed by atoms with E-state index < -0.39 is 5.97 Å². The van der Waals surface area contributed by atoms with Gasteiger partial charge >= 0.3 is 5.97 Å². The first-order valence-corrected chi connectivity index (χ1v) is 7.82. The first kappa shape index (κ1) is 18.2. The second kappa shape index (κ2) is 9.87. The van der Waals surface area contributed by atoms with Crippen molar-refractivity contribution in [3.63, 3.8) is 0 Å². The Hall–Kier alpha value is -3.15. The van der Waals surface area contributed by atoms with E-state index >= 15 is 0 Å². The molecule has 0 aliphatic rings. The van der Waals surface area contributed by atoms with Gasteiger partial charge in [-0.15, -0.1) is 0 Å². The molecular weight excluding hydrogens is 320 g/mol. The maximum atomic E-state index is 11.8. The van der Waals surface area contributed by atoms with Crippen LogP contribution in [-0.4, -0.2) is 37.1 Å². The third-order valence-corrected chi connectivity index (χ3v) is 3.31. The Balaban J connectivity index is 1.76. The van der Waals surface area contributed by atoms with Gasteiger partial charge in [-0.2, -0.15) is 0 Å². The Morgan fingerprint density at radius 1 is 1.24 bits per heavy atom. The second-order valence-corrected chi connectivity index (χ2v) is 5.17. The number of nitrogens with one attached hydrogen (secondary N) is 1. The lowest BCUT2D eigenvalue weighted by molar-refractivity contribution is -0.142. The number of carbonyl (C=O) groups excluding carboxylic acids is 2. The molecule has 0 bridgehead atoms. The molecular formula is C19H20N2O4. The fraction of sp³-hybridized carbons (Fsp3) is 0.211. The van der Waals surface area contributed by atoms with E-state index in [4.69, 9.17) is 4.74 Å². The van der Waals surface area contributed by atoms with Gasteiger partial charge in [-0.1, -0.05) is 18.2 Å². The average molecular weight is 340 g/mol. The average Bonchev–Trinajstić information content (AvgIpc) is 2.65. The summed E-state index contributed by atoms with van der Waals surface area (Å²) in [5, 5.41) is 2.82. The molecule has 0 unspecified atom stereocenters. The van der Waals surface area contributed by atoms with Crippen molar-refractivity contribution in [1.29, 1.82) is 0 Å². The van der Waals surface area contributed by atoms with Crippen molar-refractivity contribution >= 4 is 18.0 Å². The van der Waals surface area contributed by atoms with E-state index in [0.29, 0.717) is 18.7 Å². The smallest absolute Gasteiger partial charge is 0.343 e. The number of amides is 1. The fourth-order valence-electron chi connectivity index (χ4n) is 2.03. The van der Waals surface area contributed by atoms with Crippen molar-refractivity contribution in [3.8, 4) is 5.75 Å². The highest BCUT2D eigenvalue weighted by Gasteiger charge is 2.03. The predicted molar refractivity (Wildman–Crippen MR) is 93.9 cm³/mol. The van der Waals surface area contributed by atoms with E-state index in [1.807, 2.05) is 30.3 Å². The van der Waals surface area contributed by atoms with Gasteiger partial charge in [0.25, 0.3) is 0 Å². The number of rotatable bonds is 8. The number of nitrogens with zero attached hydrogens (tertiary/aromatic N) is 1. The number of methoxy groups -OCH3 is 1. The first-order valence-electron chi connectivity index (χ1n) is 7.82. The maximum Gasteiger partial charge on any atom is 0.343 e. The molecule has 25 heavy (non-hydrogen) atoms. The van der Waals surface area contributed by atoms with E-state index in [0.717, 1.165) is 11.1 Å². The standard InChI is InChI=1S/C19H20N2O4/c1-24-19(23)14-25-17-6-2-4-15(12-17)9-11-21-18(22)8-7-16-5-3-10-20-13-16/h2-8,10,12-13H,9,11,14H2,1H3,(H,21,22)/b8-7+. The van der Waals surface area contributed by atoms with Crippen molar-refractivity contribution in [3.05, 3.63) is 66.0 Å². The van der Waals surface area contributed by atoms with Crippen molar-refractivity contribution in [2.45, 2.75) is 6.42 Å². The normalized spacial score (nSPS) is 10.4. The summed E-state index contributed by atoms with van der Waals surface area (Å²) < 4.78 is 9.86. The molecule has 0 fully saturated rings. The molecule has 130 valence electrons. The molecule has 6 nitrogen and oxygen atoms in total. The lowest BCUT2D eigenvalue weighted by atomic mass is 10.1. The van der Waals surface area contributed by atoms with Crippen LogP contribution in [0.5, 0.6) is 5.75 Å². The Morgan fingerprint density at radius 3 is 2.88 bits per heavy atom. The van der Waals surface area contributed by atoms with E-state index in [9.17, 15) is 9.59 Å². The molecule has 0 saturated carbocycles. The van der Waals surface area contributed by atoms with E-state index in [1.54, 1.807) is 24.5 Å². The highest BCUT2D eigenvalue weighted by molar-refractivity contribution is 5.91. The molecule has 0 atom stereocenters. The van der Waals surface area contributed by atoms with E-state index in [1.165, 1.54) is 13.2 Å². The predicted octanol–water partition coefficient (Wildman–Crippen LogP) is 2.01. The molecule has 0 aliphatic carbocycles. The first-order chi connectivity index (χ1) is 12.2. The Labute approximate surface area is 146 Å². The summed E-state index contributed by atoms with van der Waals surface area (Å²) in [6, 6.07) is 11.1. The van der Waals surface area contributed by atoms with Crippen molar-refractivity contribution < 1.29 is 19.1 Å². The van der Waals surface area contributed by atoms with Gasteiger partial charge < -0.3 is 14.8 Å². The number of hydrogen-bond acceptors (Lipinski definition) is 5. The molecule has 2 aromatic rings. The minimum atomic E-state index is -0.432. The van der Waals surface area contributed by atoms with Gasteiger partial charge in [-0.3, -0.25) is 9.78 Å². The summed E-state index contributed by atoms with van der Waals surface area (Å²) >= 11 is 0. The third-order valence-electron chi connectivity index (χ3n) is 3.31. The molecule has 6 heteroatoms. The van der Waals surface area contributed by atoms with Gasteiger partial charge in [0.15, 0.2) is 6.61 Å². The van der Waals surface area contributed by atoms with Gasteiger partial charge in [-0.25, -0.2) is 4.79 Å². The summed E-state index contributed by atoms with van der Waals surface area (Å²) in [5.74, 6) is -0.00859. The maximum absolute atomic E-state index is 11.8. The van der Waals surface area contributed by atoms with Gasteiger partial charge in [0.2, 0.25) is 5.91 Å². The summed E-state index contributed by atoms with van der Waals surface area (Å²) in [6.45, 7) is 0.368. The second-order valence-electron chi connectivity index (χ2n) is 5.17. The quantitative estimate of drug-likeness (QED) is 0.587. The van der Waals surface area contributed by atoms with Gasteiger partial charge in [-0.05, 0) is 41.8 Å². The highest BCUT2D eigenvalue weighted by atomic mass is 16.6. The molecule has 1 heterocycles. The van der Waals surface area contributed by atoms with Crippen LogP contribution in [0.25, 0.3) is 6.08 Å². The number of ether oxygens (including phenoxy) is 2. The molecule has 2 rings (SSSR count). The Kier molecular flexibility index (Phi) is 7.18. The van der Waals surface area contributed by atoms with Crippen LogP contribution in [0.1, 0.15) is 11.1 Å². The number of pyridine rings is 1. The number of aromatic nitrogens is 1. The van der Waals surface area contributed by atoms with Crippen LogP contribution in [0, 0.1) is 0 Å². The van der Waals surface area contributed by atoms with Crippen LogP contribution in [-0.2, 0) is 20.7 Å². The number of carbonyl (C=O) groups is 2. The highest BCUT2D eigenvalue weighted by Crippen LogP contribution is 2.13. The van der Waals surface area contributed by atoms with Crippen LogP contribution in [0.3, 0.4) is 0 Å². The minimum Gasteiger partial charge on any atom is -0.482 e. The van der Waals surface area contributed by atoms with Crippen LogP contribution in [0.2, 0.25) is 0 Å². The molecule has 0 spiro atoms. The number of esters is 1. The van der Waals surface area contributed by atoms with Crippen LogP contribution >= 0.6 is 0 Å². The van der Waals surface area contributed by atoms with Gasteiger partial charge in [0, 0.05) is 25.0 Å². The molecule has 0 saturated heterocycles. The summed E-state index contributed by atoms with van der Waals surface area (Å²) in [4.78, 5) is 26.8. The summed E-state index contributed by atoms with van der Waals surface area (Å²) in [7, 11) is 1.31. The zero-order valence-corrected chi connectivity index (χ0v) is 14.0. The van der Waals surface area contributed by atoms with Crippen molar-refractivity contribution in [1.82, 2.24) is 10.3 Å². The summed E-state index contributed by atoms with van der Waals surface area (Å²) in [6.07, 6.45) is 7.21. The van der Waals surface area contributed by atoms with Crippen LogP contribution in [0.15, 0.2) is 54.9 Å². The molecule has 1 amide bonds. The van der Waals surface area contributed by atoms with Crippen LogP contribution in [0.4, 0.5) is 0 Å². The van der Waals surface area contributed by atoms with E-state index in [2.05, 4.69) is 15.0 Å². The topological polar surface area (TPSA) is 77.5 Å². The number of benzene rings is 1. The molecule has 0 aliphatic heterocycles. The van der Waals surface area contributed by atoms with Gasteiger partial charge in [0.05, 0.1) is 7.11 Å². The van der Waals surface area contributed by atoms with Crippen LogP contribution < -0.4 is 10.1 Å². The SMILES string of the molecule is COC(=O)COc1cccc(CCNC(=O)/C=C/c2cccnc2)c1. The zero-order valence-electron chi connectivity index (χ0n) is 14.0. The Morgan fingerprint density at radius 2 is 2.12 bits per heavy atom. The fourth-order valence-corrected chi connectivity index (χ4v) is 2.03. The number of hydrogen-bond donors (Lipinski definition) is 1. The van der Waals surface area contributed by atoms with E-state index in [-0.39, 0.29) is 12.5 Å². The third kappa shape index (κ3) is 6.87. The van der Waals surface area contributed by atoms with Crippen molar-refractivity contribution in [2.75, 3.05) is 20.3 Å². The monoisotopic (exact) mass is 340 g/mol. The largest absolute Gasteiger partial charge is 0.482 e. The molecule has 1 aromatic carbocycles. The summed E-state index contributed by atoms with van der Waals surface area (Å²) in [5.41, 5.74) is 1.87. The Bertz CT molecular complexity index is 729. The zero-order chi connectivity index (χ0) is 17.9. The van der Waals surface area contributed by atoms with Crippen molar-refractivity contribution in [2.24, 2.45) is 0 Å². The van der Waals surface area contributed by atoms with Gasteiger partial charge in [0.1, 0.15) is 5.75 Å². The molecule has 1 aromatic heterocycles. The lowest BCUT2D eigenvalue weighted by Crippen LogP contribution is -2.23. The molecule has 1 N–H and O–H groups in total.